The largest absolute Gasteiger partial charge is 0.393 e. The van der Waals surface area contributed by atoms with Crippen LogP contribution in [-0.2, 0) is 0 Å². The van der Waals surface area contributed by atoms with Crippen LogP contribution in [0.25, 0.3) is 0 Å². The fourth-order valence-corrected chi connectivity index (χ4v) is 9.14. The molecule has 8 atom stereocenters. The van der Waals surface area contributed by atoms with Crippen molar-refractivity contribution in [3.63, 3.8) is 0 Å². The van der Waals surface area contributed by atoms with Crippen molar-refractivity contribution in [2.45, 2.75) is 105 Å². The van der Waals surface area contributed by atoms with E-state index in [0.29, 0.717) is 23.8 Å². The van der Waals surface area contributed by atoms with Gasteiger partial charge in [0.15, 0.2) is 0 Å². The van der Waals surface area contributed by atoms with E-state index >= 15 is 0 Å². The molecule has 0 spiro atoms. The minimum atomic E-state index is -0.105. The van der Waals surface area contributed by atoms with E-state index in [1.165, 1.54) is 73.7 Å². The van der Waals surface area contributed by atoms with Gasteiger partial charge >= 0.3 is 0 Å². The Hall–Kier alpha value is -1.35. The van der Waals surface area contributed by atoms with E-state index in [9.17, 15) is 5.11 Å². The van der Waals surface area contributed by atoms with Crippen LogP contribution in [0.1, 0.15) is 88.3 Å². The number of fused-ring (bicyclic) bond motifs is 1. The van der Waals surface area contributed by atoms with Crippen LogP contribution < -0.4 is 4.90 Å². The first kappa shape index (κ1) is 24.3. The third-order valence-electron chi connectivity index (χ3n) is 10.6. The molecule has 0 aromatic heterocycles. The van der Waals surface area contributed by atoms with Gasteiger partial charge in [-0.05, 0) is 93.6 Å². The molecule has 6 unspecified atom stereocenters. The summed E-state index contributed by atoms with van der Waals surface area (Å²) in [5, 5.41) is 11.4. The van der Waals surface area contributed by atoms with Crippen molar-refractivity contribution in [1.82, 2.24) is 0 Å². The monoisotopic (exact) mass is 465 g/mol. The van der Waals surface area contributed by atoms with E-state index in [1.807, 2.05) is 0 Å². The number of aliphatic hydroxyl groups is 1. The highest BCUT2D eigenvalue weighted by Gasteiger charge is 2.52. The van der Waals surface area contributed by atoms with E-state index in [0.717, 1.165) is 37.3 Å². The molecule has 4 aliphatic rings. The fraction of sp³-hybridized carbons (Fsp3) is 0.774. The van der Waals surface area contributed by atoms with Gasteiger partial charge in [-0.15, -0.1) is 0 Å². The summed E-state index contributed by atoms with van der Waals surface area (Å²) in [6.45, 7) is 13.8. The molecule has 3 heteroatoms. The van der Waals surface area contributed by atoms with Crippen molar-refractivity contribution in [2.24, 2.45) is 35.5 Å². The van der Waals surface area contributed by atoms with Crippen molar-refractivity contribution >= 4 is 12.0 Å². The lowest BCUT2D eigenvalue weighted by atomic mass is 9.54. The molecule has 0 saturated heterocycles. The highest BCUT2D eigenvalue weighted by Crippen LogP contribution is 2.53. The van der Waals surface area contributed by atoms with Crippen molar-refractivity contribution in [1.29, 1.82) is 0 Å². The molecule has 1 heterocycles. The number of aryl methyl sites for hydroxylation is 3. The van der Waals surface area contributed by atoms with Crippen LogP contribution in [0, 0.1) is 56.3 Å². The molecule has 1 N–H and O–H groups in total. The Morgan fingerprint density at radius 2 is 1.68 bits per heavy atom. The normalized spacial score (nSPS) is 38.5. The second kappa shape index (κ2) is 9.96. The second-order valence-electron chi connectivity index (χ2n) is 12.5. The summed E-state index contributed by atoms with van der Waals surface area (Å²) < 4.78 is 2.73. The maximum atomic E-state index is 11.4. The van der Waals surface area contributed by atoms with Crippen LogP contribution in [0.15, 0.2) is 12.1 Å². The number of aliphatic hydroxyl groups excluding tert-OH is 1. The van der Waals surface area contributed by atoms with Crippen LogP contribution in [-0.4, -0.2) is 41.3 Å². The molecule has 0 amide bonds. The Bertz CT molecular complexity index is 884. The van der Waals surface area contributed by atoms with Crippen molar-refractivity contribution in [3.05, 3.63) is 28.8 Å². The van der Waals surface area contributed by atoms with E-state index < -0.39 is 0 Å². The lowest BCUT2D eigenvalue weighted by Crippen LogP contribution is -2.54. The molecular formula is C31H49N2O+. The molecule has 1 aromatic rings. The SMILES string of the molecule is CCC1CC[C@H](O)[C@H](C2C3CCCCC3CCC2[N+]2=CN(c3c(C)cc(C)cc3C)CC2)C1C. The van der Waals surface area contributed by atoms with Gasteiger partial charge < -0.3 is 5.11 Å². The van der Waals surface area contributed by atoms with Gasteiger partial charge in [-0.25, -0.2) is 4.90 Å². The van der Waals surface area contributed by atoms with Gasteiger partial charge in [0.05, 0.1) is 12.1 Å². The molecular weight excluding hydrogens is 416 g/mol. The van der Waals surface area contributed by atoms with E-state index in [4.69, 9.17) is 0 Å². The summed E-state index contributed by atoms with van der Waals surface area (Å²) in [7, 11) is 0. The van der Waals surface area contributed by atoms with Gasteiger partial charge in [0, 0.05) is 5.92 Å². The minimum Gasteiger partial charge on any atom is -0.393 e. The predicted molar refractivity (Wildman–Crippen MR) is 143 cm³/mol. The number of rotatable bonds is 4. The average molecular weight is 466 g/mol. The summed E-state index contributed by atoms with van der Waals surface area (Å²) in [4.78, 5) is 2.53. The number of hydrogen-bond donors (Lipinski definition) is 1. The zero-order valence-electron chi connectivity index (χ0n) is 22.5. The predicted octanol–water partition coefficient (Wildman–Crippen LogP) is 6.49. The van der Waals surface area contributed by atoms with E-state index in [1.54, 1.807) is 0 Å². The molecule has 0 bridgehead atoms. The zero-order chi connectivity index (χ0) is 24.0. The standard InChI is InChI=1S/C31H49N2O/c1-6-24-12-14-28(34)29(23(24)5)30-26-10-8-7-9-25(26)11-13-27(30)32-15-16-33(19-32)31-21(3)17-20(2)18-22(31)4/h17-19,23-30,34H,6-16H2,1-5H3/q+1/t23?,24?,25?,26?,27?,28-,29+,30?/m0/s1. The third kappa shape index (κ3) is 4.36. The quantitative estimate of drug-likeness (QED) is 0.514. The molecule has 3 aliphatic carbocycles. The topological polar surface area (TPSA) is 26.5 Å². The van der Waals surface area contributed by atoms with Crippen LogP contribution in [0.4, 0.5) is 5.69 Å². The first-order chi connectivity index (χ1) is 16.4. The summed E-state index contributed by atoms with van der Waals surface area (Å²) in [5.74, 6) is 4.26. The van der Waals surface area contributed by atoms with E-state index in [2.05, 4.69) is 62.6 Å². The molecule has 188 valence electrons. The Kier molecular flexibility index (Phi) is 7.13. The lowest BCUT2D eigenvalue weighted by Gasteiger charge is -2.53. The molecule has 1 aromatic carbocycles. The fourth-order valence-electron chi connectivity index (χ4n) is 9.14. The molecule has 0 radical (unpaired) electrons. The summed E-state index contributed by atoms with van der Waals surface area (Å²) in [5.41, 5.74) is 5.56. The van der Waals surface area contributed by atoms with Gasteiger partial charge in [0.25, 0.3) is 0 Å². The maximum Gasteiger partial charge on any atom is 0.239 e. The Labute approximate surface area is 208 Å². The molecule has 1 aliphatic heterocycles. The molecule has 5 rings (SSSR count). The smallest absolute Gasteiger partial charge is 0.239 e. The highest BCUT2D eigenvalue weighted by molar-refractivity contribution is 5.81. The van der Waals surface area contributed by atoms with Crippen LogP contribution in [0.5, 0.6) is 0 Å². The molecule has 3 nitrogen and oxygen atoms in total. The van der Waals surface area contributed by atoms with Gasteiger partial charge in [0.2, 0.25) is 6.34 Å². The number of benzene rings is 1. The van der Waals surface area contributed by atoms with Crippen LogP contribution in [0.2, 0.25) is 0 Å². The van der Waals surface area contributed by atoms with Gasteiger partial charge in [-0.1, -0.05) is 57.2 Å². The minimum absolute atomic E-state index is 0.105. The number of hydrogen-bond acceptors (Lipinski definition) is 2. The maximum absolute atomic E-state index is 11.4. The van der Waals surface area contributed by atoms with Gasteiger partial charge in [-0.3, -0.25) is 4.58 Å². The third-order valence-corrected chi connectivity index (χ3v) is 10.6. The molecule has 3 fully saturated rings. The summed E-state index contributed by atoms with van der Waals surface area (Å²) in [6, 6.07) is 5.26. The Balaban J connectivity index is 1.49. The summed E-state index contributed by atoms with van der Waals surface area (Å²) in [6.07, 6.45) is 14.2. The molecule has 3 saturated carbocycles. The zero-order valence-corrected chi connectivity index (χ0v) is 22.5. The lowest BCUT2D eigenvalue weighted by molar-refractivity contribution is -0.572. The summed E-state index contributed by atoms with van der Waals surface area (Å²) >= 11 is 0. The first-order valence-corrected chi connectivity index (χ1v) is 14.5. The highest BCUT2D eigenvalue weighted by atomic mass is 16.3. The van der Waals surface area contributed by atoms with Crippen molar-refractivity contribution in [2.75, 3.05) is 18.0 Å². The van der Waals surface area contributed by atoms with Crippen molar-refractivity contribution in [3.8, 4) is 0 Å². The van der Waals surface area contributed by atoms with Crippen molar-refractivity contribution < 1.29 is 9.68 Å². The Morgan fingerprint density at radius 1 is 0.941 bits per heavy atom. The number of anilines is 1. The number of nitrogens with zero attached hydrogens (tertiary/aromatic N) is 2. The second-order valence-corrected chi connectivity index (χ2v) is 12.5. The molecule has 34 heavy (non-hydrogen) atoms. The Morgan fingerprint density at radius 3 is 2.41 bits per heavy atom. The average Bonchev–Trinajstić information content (AvgIpc) is 3.28. The van der Waals surface area contributed by atoms with Crippen LogP contribution in [0.3, 0.4) is 0 Å². The van der Waals surface area contributed by atoms with Gasteiger partial charge in [-0.2, -0.15) is 0 Å². The first-order valence-electron chi connectivity index (χ1n) is 14.5. The van der Waals surface area contributed by atoms with E-state index in [-0.39, 0.29) is 6.10 Å². The van der Waals surface area contributed by atoms with Crippen LogP contribution >= 0.6 is 0 Å². The van der Waals surface area contributed by atoms with Gasteiger partial charge in [0.1, 0.15) is 18.8 Å².